The Kier molecular flexibility index (Phi) is 6.47. The number of pyridine rings is 1. The Morgan fingerprint density at radius 1 is 1.08 bits per heavy atom. The fourth-order valence-electron chi connectivity index (χ4n) is 4.31. The number of hydrogen-bond acceptors (Lipinski definition) is 6. The zero-order valence-corrected chi connectivity index (χ0v) is 21.3. The van der Waals surface area contributed by atoms with E-state index in [2.05, 4.69) is 20.4 Å². The number of amides is 1. The Morgan fingerprint density at radius 2 is 1.82 bits per heavy atom. The molecule has 5 rings (SSSR count). The second-order valence-electron chi connectivity index (χ2n) is 8.93. The van der Waals surface area contributed by atoms with Gasteiger partial charge >= 0.3 is 15.5 Å². The van der Waals surface area contributed by atoms with Crippen LogP contribution in [0.2, 0.25) is 0 Å². The number of halogens is 3. The largest absolute Gasteiger partial charge is 0.511 e. The molecule has 1 aromatic carbocycles. The van der Waals surface area contributed by atoms with Crippen LogP contribution < -0.4 is 5.32 Å². The third-order valence-corrected chi connectivity index (χ3v) is 7.89. The molecule has 0 saturated heterocycles. The minimum absolute atomic E-state index is 0.0374. The van der Waals surface area contributed by atoms with Gasteiger partial charge in [0.25, 0.3) is 5.91 Å². The maximum Gasteiger partial charge on any atom is 0.511 e. The molecule has 1 N–H and O–H groups in total. The topological polar surface area (TPSA) is 114 Å². The van der Waals surface area contributed by atoms with Crippen LogP contribution in [0.25, 0.3) is 17.0 Å². The lowest BCUT2D eigenvalue weighted by Gasteiger charge is -2.26. The van der Waals surface area contributed by atoms with Crippen LogP contribution in [0.3, 0.4) is 0 Å². The Morgan fingerprint density at radius 3 is 2.50 bits per heavy atom. The van der Waals surface area contributed by atoms with Crippen molar-refractivity contribution >= 4 is 21.6 Å². The average Bonchev–Trinajstić information content (AvgIpc) is 3.47. The van der Waals surface area contributed by atoms with Crippen LogP contribution >= 0.6 is 0 Å². The second-order valence-corrected chi connectivity index (χ2v) is 10.9. The minimum atomic E-state index is -5.44. The third-order valence-electron chi connectivity index (χ3n) is 6.31. The summed E-state index contributed by atoms with van der Waals surface area (Å²) in [4.78, 5) is 21.8. The Balaban J connectivity index is 1.28. The molecule has 4 heterocycles. The SMILES string of the molecule is CCc1nc2ccc(C)cn2c1C(=O)NCc1ccc(-c2nc3n(n2)CCN(S(=O)(=O)C(F)(F)F)C3)cc1. The molecule has 0 atom stereocenters. The Labute approximate surface area is 216 Å². The van der Waals surface area contributed by atoms with Gasteiger partial charge in [0, 0.05) is 24.8 Å². The summed E-state index contributed by atoms with van der Waals surface area (Å²) in [5, 5.41) is 7.24. The molecule has 38 heavy (non-hydrogen) atoms. The van der Waals surface area contributed by atoms with E-state index < -0.39 is 22.1 Å². The monoisotopic (exact) mass is 547 g/mol. The maximum absolute atomic E-state index is 13.0. The Bertz CT molecular complexity index is 1630. The van der Waals surface area contributed by atoms with Crippen molar-refractivity contribution in [3.05, 3.63) is 70.9 Å². The van der Waals surface area contributed by atoms with Gasteiger partial charge in [0.05, 0.1) is 18.8 Å². The summed E-state index contributed by atoms with van der Waals surface area (Å²) in [5.74, 6) is 0.159. The van der Waals surface area contributed by atoms with Gasteiger partial charge in [-0.1, -0.05) is 37.3 Å². The molecule has 0 fully saturated rings. The highest BCUT2D eigenvalue weighted by atomic mass is 32.2. The molecule has 1 amide bonds. The van der Waals surface area contributed by atoms with E-state index in [1.165, 1.54) is 4.68 Å². The van der Waals surface area contributed by atoms with Gasteiger partial charge in [-0.2, -0.15) is 22.6 Å². The van der Waals surface area contributed by atoms with Gasteiger partial charge in [-0.05, 0) is 30.5 Å². The highest BCUT2D eigenvalue weighted by Gasteiger charge is 2.50. The number of benzene rings is 1. The summed E-state index contributed by atoms with van der Waals surface area (Å²) in [5.41, 5.74) is -1.03. The first-order valence-corrected chi connectivity index (χ1v) is 13.3. The quantitative estimate of drug-likeness (QED) is 0.397. The molecule has 14 heteroatoms. The third kappa shape index (κ3) is 4.65. The van der Waals surface area contributed by atoms with E-state index in [0.717, 1.165) is 11.1 Å². The van der Waals surface area contributed by atoms with E-state index in [1.54, 1.807) is 28.7 Å². The number of rotatable bonds is 6. The van der Waals surface area contributed by atoms with Crippen molar-refractivity contribution < 1.29 is 26.4 Å². The van der Waals surface area contributed by atoms with Gasteiger partial charge in [-0.3, -0.25) is 9.20 Å². The smallest absolute Gasteiger partial charge is 0.347 e. The van der Waals surface area contributed by atoms with Crippen molar-refractivity contribution in [3.63, 3.8) is 0 Å². The normalized spacial score (nSPS) is 14.6. The van der Waals surface area contributed by atoms with E-state index in [0.29, 0.717) is 33.3 Å². The molecular formula is C24H24F3N7O3S. The standard InChI is InChI=1S/C24H24F3N7O3S/c1-3-18-21(33-13-15(2)4-9-19(33)29-18)23(35)28-12-16-5-7-17(8-6-16)22-30-20-14-32(10-11-34(20)31-22)38(36,37)24(25,26)27/h4-9,13H,3,10-12,14H2,1-2H3,(H,28,35). The minimum Gasteiger partial charge on any atom is -0.347 e. The van der Waals surface area contributed by atoms with E-state index in [1.807, 2.05) is 32.2 Å². The number of carbonyl (C=O) groups is 1. The molecule has 0 spiro atoms. The maximum atomic E-state index is 13.0. The average molecular weight is 548 g/mol. The van der Waals surface area contributed by atoms with Crippen LogP contribution in [0.1, 0.15) is 40.1 Å². The lowest BCUT2D eigenvalue weighted by molar-refractivity contribution is -0.0496. The predicted octanol–water partition coefficient (Wildman–Crippen LogP) is 3.06. The number of carbonyl (C=O) groups excluding carboxylic acids is 1. The second kappa shape index (κ2) is 9.51. The van der Waals surface area contributed by atoms with Gasteiger partial charge < -0.3 is 5.32 Å². The zero-order valence-electron chi connectivity index (χ0n) is 20.5. The molecule has 0 saturated carbocycles. The number of imidazole rings is 1. The van der Waals surface area contributed by atoms with Crippen LogP contribution in [-0.4, -0.2) is 54.8 Å². The van der Waals surface area contributed by atoms with E-state index in [9.17, 15) is 26.4 Å². The molecule has 0 radical (unpaired) electrons. The highest BCUT2D eigenvalue weighted by molar-refractivity contribution is 7.89. The lowest BCUT2D eigenvalue weighted by atomic mass is 10.1. The van der Waals surface area contributed by atoms with Crippen LogP contribution in [0, 0.1) is 6.92 Å². The van der Waals surface area contributed by atoms with Crippen molar-refractivity contribution in [2.24, 2.45) is 0 Å². The van der Waals surface area contributed by atoms with Crippen LogP contribution in [0.5, 0.6) is 0 Å². The molecule has 0 aliphatic carbocycles. The van der Waals surface area contributed by atoms with Gasteiger partial charge in [0.15, 0.2) is 5.82 Å². The number of nitrogens with one attached hydrogen (secondary N) is 1. The zero-order chi connectivity index (χ0) is 27.2. The van der Waals surface area contributed by atoms with Crippen LogP contribution in [0.15, 0.2) is 42.6 Å². The molecule has 4 aromatic rings. The van der Waals surface area contributed by atoms with E-state index in [-0.39, 0.29) is 37.2 Å². The van der Waals surface area contributed by atoms with Crippen LogP contribution in [-0.2, 0) is 36.1 Å². The lowest BCUT2D eigenvalue weighted by Crippen LogP contribution is -2.44. The first-order chi connectivity index (χ1) is 18.0. The number of nitrogens with zero attached hydrogens (tertiary/aromatic N) is 6. The predicted molar refractivity (Wildman–Crippen MR) is 131 cm³/mol. The summed E-state index contributed by atoms with van der Waals surface area (Å²) in [7, 11) is -5.44. The summed E-state index contributed by atoms with van der Waals surface area (Å²) >= 11 is 0. The number of hydrogen-bond donors (Lipinski definition) is 1. The van der Waals surface area contributed by atoms with Gasteiger partial charge in [-0.25, -0.2) is 23.1 Å². The van der Waals surface area contributed by atoms with Crippen molar-refractivity contribution in [1.29, 1.82) is 0 Å². The molecule has 3 aromatic heterocycles. The fourth-order valence-corrected chi connectivity index (χ4v) is 5.21. The molecule has 10 nitrogen and oxygen atoms in total. The molecular weight excluding hydrogens is 523 g/mol. The number of alkyl halides is 3. The summed E-state index contributed by atoms with van der Waals surface area (Å²) in [6, 6.07) is 10.9. The fraction of sp³-hybridized carbons (Fsp3) is 0.333. The van der Waals surface area contributed by atoms with Gasteiger partial charge in [0.2, 0.25) is 0 Å². The van der Waals surface area contributed by atoms with Crippen LogP contribution in [0.4, 0.5) is 13.2 Å². The van der Waals surface area contributed by atoms with Gasteiger partial charge in [0.1, 0.15) is 17.2 Å². The summed E-state index contributed by atoms with van der Waals surface area (Å²) in [6.45, 7) is 3.26. The number of sulfonamides is 1. The molecule has 0 unspecified atom stereocenters. The van der Waals surface area contributed by atoms with Gasteiger partial charge in [-0.15, -0.1) is 0 Å². The van der Waals surface area contributed by atoms with Crippen molar-refractivity contribution in [2.45, 2.75) is 45.4 Å². The first kappa shape index (κ1) is 25.9. The molecule has 200 valence electrons. The van der Waals surface area contributed by atoms with E-state index in [4.69, 9.17) is 0 Å². The highest BCUT2D eigenvalue weighted by Crippen LogP contribution is 2.29. The van der Waals surface area contributed by atoms with Crippen molar-refractivity contribution in [1.82, 2.24) is 33.8 Å². The first-order valence-electron chi connectivity index (χ1n) is 11.8. The van der Waals surface area contributed by atoms with E-state index >= 15 is 0 Å². The molecule has 1 aliphatic rings. The molecule has 0 bridgehead atoms. The number of aromatic nitrogens is 5. The molecule has 1 aliphatic heterocycles. The number of fused-ring (bicyclic) bond motifs is 2. The summed E-state index contributed by atoms with van der Waals surface area (Å²) in [6.07, 6.45) is 2.49. The van der Waals surface area contributed by atoms with Crippen molar-refractivity contribution in [2.75, 3.05) is 6.54 Å². The number of aryl methyl sites for hydroxylation is 2. The summed E-state index contributed by atoms with van der Waals surface area (Å²) < 4.78 is 65.8. The Hall–Kier alpha value is -3.78. The van der Waals surface area contributed by atoms with Crippen molar-refractivity contribution in [3.8, 4) is 11.4 Å².